The van der Waals surface area contributed by atoms with Crippen LogP contribution in [0.15, 0.2) is 109 Å². The molecule has 0 heterocycles. The first-order chi connectivity index (χ1) is 23.8. The molecule has 0 amide bonds. The van der Waals surface area contributed by atoms with Gasteiger partial charge in [-0.3, -0.25) is 9.59 Å². The van der Waals surface area contributed by atoms with Gasteiger partial charge in [0.15, 0.2) is 0 Å². The molecule has 0 aromatic heterocycles. The summed E-state index contributed by atoms with van der Waals surface area (Å²) in [6, 6.07) is 37.9. The summed E-state index contributed by atoms with van der Waals surface area (Å²) in [4.78, 5) is 27.6. The van der Waals surface area contributed by atoms with E-state index in [1.807, 2.05) is 37.3 Å². The molecular formula is C48H42O2. The fourth-order valence-corrected chi connectivity index (χ4v) is 8.71. The number of carbonyl (C=O) groups is 2. The maximum atomic E-state index is 13.8. The highest BCUT2D eigenvalue weighted by Gasteiger charge is 2.41. The van der Waals surface area contributed by atoms with Crippen LogP contribution in [-0.2, 0) is 10.8 Å². The molecule has 0 saturated carbocycles. The lowest BCUT2D eigenvalue weighted by Crippen LogP contribution is -2.18. The molecule has 2 heteroatoms. The van der Waals surface area contributed by atoms with Gasteiger partial charge in [0.05, 0.1) is 0 Å². The van der Waals surface area contributed by atoms with Gasteiger partial charge in [-0.05, 0) is 141 Å². The van der Waals surface area contributed by atoms with Crippen LogP contribution < -0.4 is 0 Å². The maximum absolute atomic E-state index is 13.8. The largest absolute Gasteiger partial charge is 0.285 e. The monoisotopic (exact) mass is 650 g/mol. The molecule has 2 aliphatic carbocycles. The van der Waals surface area contributed by atoms with Crippen molar-refractivity contribution in [2.75, 3.05) is 0 Å². The van der Waals surface area contributed by atoms with E-state index in [1.54, 1.807) is 6.07 Å². The average Bonchev–Trinajstić information content (AvgIpc) is 3.47. The van der Waals surface area contributed by atoms with Gasteiger partial charge in [0, 0.05) is 22.0 Å². The number of rotatable bonds is 5. The Balaban J connectivity index is 1.10. The first kappa shape index (κ1) is 31.9. The van der Waals surface area contributed by atoms with Gasteiger partial charge in [-0.2, -0.15) is 0 Å². The molecule has 50 heavy (non-hydrogen) atoms. The molecule has 6 aromatic rings. The zero-order chi connectivity index (χ0) is 35.3. The Hall–Kier alpha value is -5.34. The van der Waals surface area contributed by atoms with Gasteiger partial charge in [-0.15, -0.1) is 0 Å². The van der Waals surface area contributed by atoms with E-state index in [0.717, 1.165) is 27.8 Å². The molecule has 0 fully saturated rings. The normalized spacial score (nSPS) is 14.5. The first-order valence-corrected chi connectivity index (χ1v) is 17.6. The van der Waals surface area contributed by atoms with Crippen LogP contribution >= 0.6 is 0 Å². The Morgan fingerprint density at radius 3 is 1.36 bits per heavy atom. The third-order valence-corrected chi connectivity index (χ3v) is 11.6. The molecule has 0 bridgehead atoms. The fourth-order valence-electron chi connectivity index (χ4n) is 8.71. The molecule has 0 N–H and O–H groups in total. The molecule has 0 saturated heterocycles. The molecule has 6 aromatic carbocycles. The van der Waals surface area contributed by atoms with Crippen molar-refractivity contribution in [3.63, 3.8) is 0 Å². The predicted octanol–water partition coefficient (Wildman–Crippen LogP) is 11.9. The number of aryl methyl sites for hydroxylation is 4. The van der Waals surface area contributed by atoms with Crippen LogP contribution in [0.4, 0.5) is 0 Å². The highest BCUT2D eigenvalue weighted by Crippen LogP contribution is 2.56. The van der Waals surface area contributed by atoms with Crippen LogP contribution in [0.2, 0.25) is 0 Å². The van der Waals surface area contributed by atoms with Crippen molar-refractivity contribution in [3.8, 4) is 44.5 Å². The second-order valence-corrected chi connectivity index (χ2v) is 15.5. The standard InChI is InChI=1S/C48H42O2/c1-27-13-9-10-14-33(27)37-22-30(4)38(23-29(37)3)34-19-17-31(21-28(34)2)45(49)46(50)32-18-20-36-40-26-43-39(25-44(40)48(7,8)42(36)24-32)35-15-11-12-16-41(35)47(43,5)6/h9-26H,1-8H3. The Morgan fingerprint density at radius 1 is 0.360 bits per heavy atom. The van der Waals surface area contributed by atoms with Crippen LogP contribution in [0.1, 0.15) is 92.9 Å². The minimum absolute atomic E-state index is 0.0911. The predicted molar refractivity (Wildman–Crippen MR) is 206 cm³/mol. The molecule has 0 radical (unpaired) electrons. The SMILES string of the molecule is Cc1ccccc1-c1cc(C)c(-c2ccc(C(=O)C(=O)c3ccc4c(c3)C(C)(C)c3cc5c(cc3-4)C(C)(C)c3ccccc3-5)cc2C)cc1C. The van der Waals surface area contributed by atoms with Crippen molar-refractivity contribution in [1.82, 2.24) is 0 Å². The van der Waals surface area contributed by atoms with Crippen LogP contribution in [-0.4, -0.2) is 11.6 Å². The fraction of sp³-hybridized carbons (Fsp3) is 0.208. The number of benzene rings is 6. The lowest BCUT2D eigenvalue weighted by molar-refractivity contribution is 0.0817. The number of hydrogen-bond donors (Lipinski definition) is 0. The third kappa shape index (κ3) is 4.62. The summed E-state index contributed by atoms with van der Waals surface area (Å²) in [5.74, 6) is -0.952. The van der Waals surface area contributed by atoms with Crippen molar-refractivity contribution >= 4 is 11.6 Å². The van der Waals surface area contributed by atoms with E-state index in [0.29, 0.717) is 11.1 Å². The number of hydrogen-bond acceptors (Lipinski definition) is 2. The molecule has 2 aliphatic rings. The van der Waals surface area contributed by atoms with Crippen LogP contribution in [0.3, 0.4) is 0 Å². The molecule has 8 rings (SSSR count). The van der Waals surface area contributed by atoms with E-state index in [1.165, 1.54) is 61.2 Å². The number of fused-ring (bicyclic) bond motifs is 6. The van der Waals surface area contributed by atoms with Crippen molar-refractivity contribution in [2.45, 2.75) is 66.2 Å². The number of ketones is 2. The lowest BCUT2D eigenvalue weighted by Gasteiger charge is -2.24. The van der Waals surface area contributed by atoms with Gasteiger partial charge in [-0.25, -0.2) is 0 Å². The van der Waals surface area contributed by atoms with Crippen LogP contribution in [0.5, 0.6) is 0 Å². The van der Waals surface area contributed by atoms with Gasteiger partial charge in [0.1, 0.15) is 0 Å². The van der Waals surface area contributed by atoms with Crippen LogP contribution in [0.25, 0.3) is 44.5 Å². The molecule has 0 atom stereocenters. The second kappa shape index (κ2) is 11.1. The first-order valence-electron chi connectivity index (χ1n) is 17.6. The maximum Gasteiger partial charge on any atom is 0.233 e. The number of Topliss-reactive ketones (excluding diaryl/α,β-unsaturated/α-hetero) is 2. The van der Waals surface area contributed by atoms with Gasteiger partial charge in [0.25, 0.3) is 0 Å². The molecule has 2 nitrogen and oxygen atoms in total. The van der Waals surface area contributed by atoms with E-state index in [9.17, 15) is 9.59 Å². The van der Waals surface area contributed by atoms with Crippen molar-refractivity contribution in [1.29, 1.82) is 0 Å². The topological polar surface area (TPSA) is 34.1 Å². The molecule has 0 aliphatic heterocycles. The minimum Gasteiger partial charge on any atom is -0.285 e. The number of carbonyl (C=O) groups excluding carboxylic acids is 2. The summed E-state index contributed by atoms with van der Waals surface area (Å²) in [5, 5.41) is 0. The van der Waals surface area contributed by atoms with Gasteiger partial charge >= 0.3 is 0 Å². The van der Waals surface area contributed by atoms with Crippen molar-refractivity contribution in [2.24, 2.45) is 0 Å². The highest BCUT2D eigenvalue weighted by atomic mass is 16.2. The van der Waals surface area contributed by atoms with E-state index in [2.05, 4.69) is 121 Å². The van der Waals surface area contributed by atoms with E-state index < -0.39 is 11.6 Å². The summed E-state index contributed by atoms with van der Waals surface area (Å²) in [6.45, 7) is 17.5. The zero-order valence-corrected chi connectivity index (χ0v) is 30.2. The highest BCUT2D eigenvalue weighted by molar-refractivity contribution is 6.49. The van der Waals surface area contributed by atoms with E-state index in [4.69, 9.17) is 0 Å². The van der Waals surface area contributed by atoms with E-state index >= 15 is 0 Å². The minimum atomic E-state index is -0.479. The smallest absolute Gasteiger partial charge is 0.233 e. The third-order valence-electron chi connectivity index (χ3n) is 11.6. The molecule has 0 spiro atoms. The molecule has 246 valence electrons. The lowest BCUT2D eigenvalue weighted by atomic mass is 9.79. The van der Waals surface area contributed by atoms with Crippen molar-refractivity contribution < 1.29 is 9.59 Å². The van der Waals surface area contributed by atoms with Crippen molar-refractivity contribution in [3.05, 3.63) is 165 Å². The Kier molecular flexibility index (Phi) is 7.07. The Bertz CT molecular complexity index is 2450. The Labute approximate surface area is 295 Å². The average molecular weight is 651 g/mol. The van der Waals surface area contributed by atoms with E-state index in [-0.39, 0.29) is 10.8 Å². The summed E-state index contributed by atoms with van der Waals surface area (Å²) in [5.41, 5.74) is 19.7. The summed E-state index contributed by atoms with van der Waals surface area (Å²) in [6.07, 6.45) is 0. The summed E-state index contributed by atoms with van der Waals surface area (Å²) >= 11 is 0. The Morgan fingerprint density at radius 2 is 0.780 bits per heavy atom. The quantitative estimate of drug-likeness (QED) is 0.137. The van der Waals surface area contributed by atoms with Gasteiger partial charge in [-0.1, -0.05) is 113 Å². The molecular weight excluding hydrogens is 609 g/mol. The van der Waals surface area contributed by atoms with Crippen LogP contribution in [0, 0.1) is 27.7 Å². The van der Waals surface area contributed by atoms with Gasteiger partial charge in [0.2, 0.25) is 11.6 Å². The van der Waals surface area contributed by atoms with Gasteiger partial charge < -0.3 is 0 Å². The summed E-state index contributed by atoms with van der Waals surface area (Å²) < 4.78 is 0. The summed E-state index contributed by atoms with van der Waals surface area (Å²) in [7, 11) is 0. The zero-order valence-electron chi connectivity index (χ0n) is 30.2. The second-order valence-electron chi connectivity index (χ2n) is 15.5. The molecule has 0 unspecified atom stereocenters.